The number of hydrogen-bond donors (Lipinski definition) is 2. The predicted molar refractivity (Wildman–Crippen MR) is 90.7 cm³/mol. The van der Waals surface area contributed by atoms with Gasteiger partial charge >= 0.3 is 5.97 Å². The van der Waals surface area contributed by atoms with Gasteiger partial charge in [0.25, 0.3) is 5.91 Å². The van der Waals surface area contributed by atoms with Gasteiger partial charge in [-0.15, -0.1) is 0 Å². The highest BCUT2D eigenvalue weighted by Crippen LogP contribution is 2.12. The van der Waals surface area contributed by atoms with E-state index in [0.29, 0.717) is 19.5 Å². The van der Waals surface area contributed by atoms with Gasteiger partial charge in [0, 0.05) is 31.8 Å². The van der Waals surface area contributed by atoms with Crippen LogP contribution in [0.3, 0.4) is 0 Å². The molecule has 0 saturated carbocycles. The molecule has 1 amide bonds. The number of nitrogens with one attached hydrogen (secondary N) is 1. The van der Waals surface area contributed by atoms with Crippen molar-refractivity contribution >= 4 is 11.9 Å². The third-order valence-electron chi connectivity index (χ3n) is 3.39. The van der Waals surface area contributed by atoms with Crippen molar-refractivity contribution in [3.63, 3.8) is 0 Å². The average Bonchev–Trinajstić information content (AvgIpc) is 2.56. The number of amides is 1. The van der Waals surface area contributed by atoms with E-state index in [-0.39, 0.29) is 23.9 Å². The number of carbonyl (C=O) groups is 2. The summed E-state index contributed by atoms with van der Waals surface area (Å²) in [6, 6.07) is 11.4. The summed E-state index contributed by atoms with van der Waals surface area (Å²) in [5.41, 5.74) is 1.00. The summed E-state index contributed by atoms with van der Waals surface area (Å²) in [5.74, 6) is -1.21. The molecule has 0 aromatic heterocycles. The van der Waals surface area contributed by atoms with E-state index in [2.05, 4.69) is 5.32 Å². The number of nitriles is 1. The Morgan fingerprint density at radius 3 is 2.54 bits per heavy atom. The average molecular weight is 329 g/mol. The molecule has 1 aromatic rings. The van der Waals surface area contributed by atoms with E-state index in [0.717, 1.165) is 5.56 Å². The highest BCUT2D eigenvalue weighted by Gasteiger charge is 2.21. The van der Waals surface area contributed by atoms with Gasteiger partial charge in [-0.2, -0.15) is 5.26 Å². The molecule has 0 atom stereocenters. The Bertz CT molecular complexity index is 618. The summed E-state index contributed by atoms with van der Waals surface area (Å²) < 4.78 is 0. The molecule has 1 aromatic carbocycles. The maximum absolute atomic E-state index is 12.6. The molecule has 1 rings (SSSR count). The minimum absolute atomic E-state index is 0.00922. The number of benzene rings is 1. The second-order valence-corrected chi connectivity index (χ2v) is 5.63. The fourth-order valence-corrected chi connectivity index (χ4v) is 2.08. The zero-order chi connectivity index (χ0) is 17.9. The van der Waals surface area contributed by atoms with E-state index in [9.17, 15) is 14.9 Å². The van der Waals surface area contributed by atoms with Crippen LogP contribution in [0.5, 0.6) is 0 Å². The Morgan fingerprint density at radius 1 is 1.33 bits per heavy atom. The summed E-state index contributed by atoms with van der Waals surface area (Å²) in [7, 11) is 0. The van der Waals surface area contributed by atoms with Gasteiger partial charge in [-0.25, -0.2) is 0 Å². The van der Waals surface area contributed by atoms with Gasteiger partial charge in [0.2, 0.25) is 0 Å². The summed E-state index contributed by atoms with van der Waals surface area (Å²) in [6.45, 7) is 4.62. The normalized spacial score (nSPS) is 11.0. The number of hydrogen-bond acceptors (Lipinski definition) is 4. The van der Waals surface area contributed by atoms with Crippen molar-refractivity contribution in [1.82, 2.24) is 10.2 Å². The van der Waals surface area contributed by atoms with Gasteiger partial charge in [-0.3, -0.25) is 9.59 Å². The van der Waals surface area contributed by atoms with Crippen molar-refractivity contribution in [2.75, 3.05) is 6.54 Å². The second kappa shape index (κ2) is 10.1. The second-order valence-electron chi connectivity index (χ2n) is 5.63. The Morgan fingerprint density at radius 2 is 2.00 bits per heavy atom. The summed E-state index contributed by atoms with van der Waals surface area (Å²) in [6.07, 6.45) is 1.84. The highest BCUT2D eigenvalue weighted by atomic mass is 16.4. The number of nitrogens with zero attached hydrogens (tertiary/aromatic N) is 2. The minimum Gasteiger partial charge on any atom is -0.481 e. The molecular weight excluding hydrogens is 306 g/mol. The maximum atomic E-state index is 12.6. The van der Waals surface area contributed by atoms with E-state index in [4.69, 9.17) is 5.11 Å². The highest BCUT2D eigenvalue weighted by molar-refractivity contribution is 5.97. The smallest absolute Gasteiger partial charge is 0.303 e. The zero-order valence-corrected chi connectivity index (χ0v) is 14.0. The molecule has 0 aliphatic heterocycles. The van der Waals surface area contributed by atoms with Crippen molar-refractivity contribution in [1.29, 1.82) is 5.26 Å². The minimum atomic E-state index is -0.869. The van der Waals surface area contributed by atoms with Crippen LogP contribution in [-0.2, 0) is 16.1 Å². The van der Waals surface area contributed by atoms with Crippen LogP contribution in [0.25, 0.3) is 0 Å². The van der Waals surface area contributed by atoms with Crippen LogP contribution >= 0.6 is 0 Å². The first-order valence-electron chi connectivity index (χ1n) is 7.86. The van der Waals surface area contributed by atoms with Crippen LogP contribution in [0.15, 0.2) is 42.1 Å². The Hall–Kier alpha value is -2.81. The summed E-state index contributed by atoms with van der Waals surface area (Å²) >= 11 is 0. The first-order valence-corrected chi connectivity index (χ1v) is 7.86. The molecule has 0 saturated heterocycles. The number of aliphatic carboxylic acids is 1. The van der Waals surface area contributed by atoms with Crippen LogP contribution in [0.4, 0.5) is 0 Å². The Kier molecular flexibility index (Phi) is 8.06. The number of carbonyl (C=O) groups excluding carboxylic acids is 1. The van der Waals surface area contributed by atoms with E-state index in [1.54, 1.807) is 4.90 Å². The molecule has 2 N–H and O–H groups in total. The maximum Gasteiger partial charge on any atom is 0.303 e. The third kappa shape index (κ3) is 6.53. The SMILES string of the molecule is CC(C)N(Cc1ccccc1)C(=O)/C(C#N)=C\NCCCC(=O)O. The van der Waals surface area contributed by atoms with Crippen LogP contribution in [0.2, 0.25) is 0 Å². The number of carboxylic acids is 1. The topological polar surface area (TPSA) is 93.4 Å². The van der Waals surface area contributed by atoms with Gasteiger partial charge in [-0.1, -0.05) is 30.3 Å². The Labute approximate surface area is 142 Å². The molecule has 0 fully saturated rings. The van der Waals surface area contributed by atoms with Gasteiger partial charge in [-0.05, 0) is 25.8 Å². The molecule has 0 aliphatic carbocycles. The largest absolute Gasteiger partial charge is 0.481 e. The lowest BCUT2D eigenvalue weighted by atomic mass is 10.1. The predicted octanol–water partition coefficient (Wildman–Crippen LogP) is 2.29. The molecule has 0 aliphatic rings. The van der Waals surface area contributed by atoms with Gasteiger partial charge in [0.1, 0.15) is 11.6 Å². The van der Waals surface area contributed by atoms with Crippen molar-refractivity contribution in [3.8, 4) is 6.07 Å². The number of carboxylic acid groups (broad SMARTS) is 1. The molecule has 6 nitrogen and oxygen atoms in total. The van der Waals surface area contributed by atoms with Crippen LogP contribution < -0.4 is 5.32 Å². The van der Waals surface area contributed by atoms with Crippen LogP contribution in [0.1, 0.15) is 32.3 Å². The van der Waals surface area contributed by atoms with E-state index >= 15 is 0 Å². The zero-order valence-electron chi connectivity index (χ0n) is 14.0. The molecule has 6 heteroatoms. The first-order chi connectivity index (χ1) is 11.5. The first kappa shape index (κ1) is 19.2. The molecular formula is C18H23N3O3. The third-order valence-corrected chi connectivity index (χ3v) is 3.39. The van der Waals surface area contributed by atoms with E-state index in [1.807, 2.05) is 50.2 Å². The quantitative estimate of drug-likeness (QED) is 0.412. The standard InChI is InChI=1S/C18H23N3O3/c1-14(2)21(13-15-7-4-3-5-8-15)18(24)16(11-19)12-20-10-6-9-17(22)23/h3-5,7-8,12,14,20H,6,9-10,13H2,1-2H3,(H,22,23)/b16-12-. The molecule has 0 radical (unpaired) electrons. The Balaban J connectivity index is 2.72. The fourth-order valence-electron chi connectivity index (χ4n) is 2.08. The van der Waals surface area contributed by atoms with E-state index in [1.165, 1.54) is 6.20 Å². The van der Waals surface area contributed by atoms with Gasteiger partial charge < -0.3 is 15.3 Å². The molecule has 0 bridgehead atoms. The van der Waals surface area contributed by atoms with E-state index < -0.39 is 5.97 Å². The van der Waals surface area contributed by atoms with Crippen molar-refractivity contribution < 1.29 is 14.7 Å². The lowest BCUT2D eigenvalue weighted by molar-refractivity contribution is -0.137. The van der Waals surface area contributed by atoms with Crippen LogP contribution in [-0.4, -0.2) is 34.5 Å². The van der Waals surface area contributed by atoms with Crippen molar-refractivity contribution in [2.45, 2.75) is 39.3 Å². The molecule has 0 unspecified atom stereocenters. The van der Waals surface area contributed by atoms with Gasteiger partial charge in [0.15, 0.2) is 0 Å². The van der Waals surface area contributed by atoms with Crippen molar-refractivity contribution in [3.05, 3.63) is 47.7 Å². The molecule has 128 valence electrons. The monoisotopic (exact) mass is 329 g/mol. The van der Waals surface area contributed by atoms with Crippen molar-refractivity contribution in [2.24, 2.45) is 0 Å². The molecule has 24 heavy (non-hydrogen) atoms. The summed E-state index contributed by atoms with van der Waals surface area (Å²) in [5, 5.41) is 20.6. The summed E-state index contributed by atoms with van der Waals surface area (Å²) in [4.78, 5) is 24.7. The van der Waals surface area contributed by atoms with Gasteiger partial charge in [0.05, 0.1) is 0 Å². The van der Waals surface area contributed by atoms with Crippen LogP contribution in [0, 0.1) is 11.3 Å². The molecule has 0 spiro atoms. The fraction of sp³-hybridized carbons (Fsp3) is 0.389. The molecule has 0 heterocycles. The number of rotatable bonds is 9. The lowest BCUT2D eigenvalue weighted by Crippen LogP contribution is -2.37. The lowest BCUT2D eigenvalue weighted by Gasteiger charge is -2.26.